The standard InChI is InChI=1S/C63H39F3N4/c64-63(65,66)56-31-40(38-67)21-26-50(56)49-36-61(69-57-32-45(41-13-5-1-6-14-41)22-27-51(57)52-28-23-46(33-58(52)69)42-15-7-2-8-16-42)55(39-68)62(37-49)70-59-34-47(43-17-9-3-10-18-43)24-29-53(59)54-30-25-48(35-60(54)70)44-19-11-4-12-20-44/h1-17,19,21-37H,18,20H2. The molecule has 0 aliphatic heterocycles. The predicted molar refractivity (Wildman–Crippen MR) is 278 cm³/mol. The van der Waals surface area contributed by atoms with Crippen LogP contribution in [0.3, 0.4) is 0 Å². The van der Waals surface area contributed by atoms with Crippen molar-refractivity contribution >= 4 is 54.8 Å². The van der Waals surface area contributed by atoms with Crippen molar-refractivity contribution in [3.63, 3.8) is 0 Å². The monoisotopic (exact) mass is 908 g/mol. The Morgan fingerprint density at radius 1 is 0.429 bits per heavy atom. The summed E-state index contributed by atoms with van der Waals surface area (Å²) in [7, 11) is 0. The lowest BCUT2D eigenvalue weighted by atomic mass is 9.94. The van der Waals surface area contributed by atoms with Crippen molar-refractivity contribution in [1.82, 2.24) is 9.13 Å². The molecule has 0 saturated heterocycles. The number of nitriles is 2. The van der Waals surface area contributed by atoms with Gasteiger partial charge in [-0.15, -0.1) is 0 Å². The van der Waals surface area contributed by atoms with Gasteiger partial charge in [0.2, 0.25) is 0 Å². The van der Waals surface area contributed by atoms with E-state index in [2.05, 4.69) is 112 Å². The summed E-state index contributed by atoms with van der Waals surface area (Å²) in [5.74, 6) is 0. The topological polar surface area (TPSA) is 57.4 Å². The van der Waals surface area contributed by atoms with E-state index in [0.717, 1.165) is 106 Å². The zero-order valence-corrected chi connectivity index (χ0v) is 37.5. The minimum atomic E-state index is -4.81. The van der Waals surface area contributed by atoms with Crippen molar-refractivity contribution in [1.29, 1.82) is 10.5 Å². The van der Waals surface area contributed by atoms with Crippen molar-refractivity contribution in [3.05, 3.63) is 240 Å². The summed E-state index contributed by atoms with van der Waals surface area (Å²) in [6, 6.07) is 57.1. The fourth-order valence-electron chi connectivity index (χ4n) is 10.4. The van der Waals surface area contributed by atoms with E-state index in [1.807, 2.05) is 91.0 Å². The van der Waals surface area contributed by atoms with E-state index in [0.29, 0.717) is 11.4 Å². The Morgan fingerprint density at radius 2 is 0.900 bits per heavy atom. The highest BCUT2D eigenvalue weighted by Gasteiger charge is 2.35. The Balaban J connectivity index is 1.27. The van der Waals surface area contributed by atoms with Crippen LogP contribution in [0.2, 0.25) is 0 Å². The molecule has 0 N–H and O–H groups in total. The first-order chi connectivity index (χ1) is 34.2. The fourth-order valence-corrected chi connectivity index (χ4v) is 10.4. The third-order valence-corrected chi connectivity index (χ3v) is 13.7. The van der Waals surface area contributed by atoms with Gasteiger partial charge >= 0.3 is 6.18 Å². The van der Waals surface area contributed by atoms with E-state index < -0.39 is 11.7 Å². The Hall–Kier alpha value is -9.17. The zero-order chi connectivity index (χ0) is 47.5. The number of hydrogen-bond donors (Lipinski definition) is 0. The molecule has 0 amide bonds. The van der Waals surface area contributed by atoms with Crippen LogP contribution in [0.25, 0.3) is 99.5 Å². The van der Waals surface area contributed by atoms with E-state index in [9.17, 15) is 10.5 Å². The van der Waals surface area contributed by atoms with Gasteiger partial charge in [-0.1, -0.05) is 164 Å². The van der Waals surface area contributed by atoms with Gasteiger partial charge in [0, 0.05) is 21.5 Å². The SMILES string of the molecule is N#Cc1ccc(-c2cc(-n3c4cc(-c5ccccc5)ccc4c4ccc(-c5ccccc5)cc43)c(C#N)c(-n3c4cc(=C5C=CC=CC5)ccc4c4ccc(=C5C=CC=CC5)cc43)c2)c(C(F)(F)F)c1. The molecule has 4 nitrogen and oxygen atoms in total. The van der Waals surface area contributed by atoms with Gasteiger partial charge in [-0.25, -0.2) is 0 Å². The maximum Gasteiger partial charge on any atom is 0.417 e. The Bertz CT molecular complexity index is 3970. The normalized spacial score (nSPS) is 15.0. The Morgan fingerprint density at radius 3 is 1.33 bits per heavy atom. The van der Waals surface area contributed by atoms with Gasteiger partial charge in [-0.05, 0) is 116 Å². The average molecular weight is 909 g/mol. The minimum Gasteiger partial charge on any atom is -0.308 e. The maximum absolute atomic E-state index is 15.4. The molecular weight excluding hydrogens is 870 g/mol. The highest BCUT2D eigenvalue weighted by Crippen LogP contribution is 2.44. The third-order valence-electron chi connectivity index (χ3n) is 13.7. The zero-order valence-electron chi connectivity index (χ0n) is 37.5. The van der Waals surface area contributed by atoms with Crippen LogP contribution in [0.15, 0.2) is 212 Å². The van der Waals surface area contributed by atoms with Crippen molar-refractivity contribution in [2.24, 2.45) is 0 Å². The summed E-state index contributed by atoms with van der Waals surface area (Å²) >= 11 is 0. The quantitative estimate of drug-likeness (QED) is 0.173. The largest absolute Gasteiger partial charge is 0.417 e. The number of aromatic nitrogens is 2. The van der Waals surface area contributed by atoms with E-state index in [-0.39, 0.29) is 22.3 Å². The Kier molecular flexibility index (Phi) is 10.2. The predicted octanol–water partition coefficient (Wildman–Crippen LogP) is 15.0. The second-order valence-corrected chi connectivity index (χ2v) is 17.7. The van der Waals surface area contributed by atoms with Crippen LogP contribution in [-0.4, -0.2) is 9.13 Å². The van der Waals surface area contributed by atoms with Crippen LogP contribution in [0, 0.1) is 22.7 Å². The summed E-state index contributed by atoms with van der Waals surface area (Å²) in [6.07, 6.45) is 13.2. The van der Waals surface area contributed by atoms with Gasteiger partial charge in [0.25, 0.3) is 0 Å². The van der Waals surface area contributed by atoms with Crippen LogP contribution >= 0.6 is 0 Å². The first kappa shape index (κ1) is 42.2. The molecule has 7 heteroatoms. The molecule has 2 aliphatic rings. The lowest BCUT2D eigenvalue weighted by molar-refractivity contribution is -0.137. The van der Waals surface area contributed by atoms with Gasteiger partial charge in [0.1, 0.15) is 11.6 Å². The van der Waals surface area contributed by atoms with Gasteiger partial charge in [0.05, 0.1) is 50.6 Å². The van der Waals surface area contributed by atoms with Crippen molar-refractivity contribution in [2.75, 3.05) is 0 Å². The molecule has 0 atom stereocenters. The number of benzene rings is 8. The summed E-state index contributed by atoms with van der Waals surface area (Å²) in [5, 5.41) is 27.4. The summed E-state index contributed by atoms with van der Waals surface area (Å²) in [4.78, 5) is 0. The smallest absolute Gasteiger partial charge is 0.308 e. The number of fused-ring (bicyclic) bond motifs is 6. The molecule has 8 aromatic carbocycles. The molecule has 2 aliphatic carbocycles. The maximum atomic E-state index is 15.4. The third kappa shape index (κ3) is 7.15. The Labute approximate surface area is 401 Å². The molecule has 10 aromatic rings. The van der Waals surface area contributed by atoms with Gasteiger partial charge in [-0.3, -0.25) is 0 Å². The lowest BCUT2D eigenvalue weighted by Crippen LogP contribution is -2.11. The molecule has 70 heavy (non-hydrogen) atoms. The van der Waals surface area contributed by atoms with Gasteiger partial charge < -0.3 is 9.13 Å². The molecule has 0 bridgehead atoms. The van der Waals surface area contributed by atoms with E-state index in [4.69, 9.17) is 0 Å². The highest BCUT2D eigenvalue weighted by atomic mass is 19.4. The summed E-state index contributed by atoms with van der Waals surface area (Å²) in [6.45, 7) is 0. The average Bonchev–Trinajstić information content (AvgIpc) is 3.92. The molecule has 0 unspecified atom stereocenters. The summed E-state index contributed by atoms with van der Waals surface area (Å²) in [5.41, 5.74) is 9.47. The first-order valence-electron chi connectivity index (χ1n) is 23.1. The summed E-state index contributed by atoms with van der Waals surface area (Å²) < 4.78 is 50.4. The molecule has 2 aromatic heterocycles. The second kappa shape index (κ2) is 16.9. The van der Waals surface area contributed by atoms with E-state index in [1.54, 1.807) is 12.1 Å². The van der Waals surface area contributed by atoms with Crippen LogP contribution in [-0.2, 0) is 6.18 Å². The molecule has 2 heterocycles. The molecular formula is C63H39F3N4. The fraction of sp³-hybridized carbons (Fsp3) is 0.0476. The van der Waals surface area contributed by atoms with Crippen LogP contribution < -0.4 is 10.4 Å². The number of allylic oxidation sites excluding steroid dienone is 8. The number of rotatable bonds is 5. The van der Waals surface area contributed by atoms with Crippen LogP contribution in [0.4, 0.5) is 13.2 Å². The molecule has 12 rings (SSSR count). The van der Waals surface area contributed by atoms with Gasteiger partial charge in [0.15, 0.2) is 0 Å². The number of nitrogens with zero attached hydrogens (tertiary/aromatic N) is 4. The molecule has 0 saturated carbocycles. The van der Waals surface area contributed by atoms with Crippen LogP contribution in [0.1, 0.15) is 29.5 Å². The van der Waals surface area contributed by atoms with Crippen molar-refractivity contribution in [3.8, 4) is 56.9 Å². The number of halogens is 3. The van der Waals surface area contributed by atoms with Crippen molar-refractivity contribution in [2.45, 2.75) is 19.0 Å². The van der Waals surface area contributed by atoms with Gasteiger partial charge in [-0.2, -0.15) is 23.7 Å². The highest BCUT2D eigenvalue weighted by molar-refractivity contribution is 6.12. The molecule has 0 spiro atoms. The van der Waals surface area contributed by atoms with E-state index >= 15 is 13.2 Å². The number of alkyl halides is 3. The van der Waals surface area contributed by atoms with Crippen LogP contribution in [0.5, 0.6) is 0 Å². The first-order valence-corrected chi connectivity index (χ1v) is 23.1. The second-order valence-electron chi connectivity index (χ2n) is 17.7. The molecule has 0 fully saturated rings. The lowest BCUT2D eigenvalue weighted by Gasteiger charge is -2.20. The van der Waals surface area contributed by atoms with E-state index in [1.165, 1.54) is 12.1 Å². The number of hydrogen-bond acceptors (Lipinski definition) is 2. The molecule has 0 radical (unpaired) electrons. The van der Waals surface area contributed by atoms with Crippen molar-refractivity contribution < 1.29 is 13.2 Å². The molecule has 332 valence electrons. The minimum absolute atomic E-state index is 0.106.